The molecule has 2 aromatic carbocycles. The number of hydrogen-bond acceptors (Lipinski definition) is 2. The minimum absolute atomic E-state index is 0. The first-order chi connectivity index (χ1) is 11.3. The largest absolute Gasteiger partial charge is 0.324 e. The van der Waals surface area contributed by atoms with E-state index in [1.165, 1.54) is 11.1 Å². The number of rotatable bonds is 3. The van der Waals surface area contributed by atoms with E-state index in [-0.39, 0.29) is 18.4 Å². The van der Waals surface area contributed by atoms with Gasteiger partial charge >= 0.3 is 6.03 Å². The molecule has 2 aliphatic heterocycles. The number of fused-ring (bicyclic) bond motifs is 1. The smallest absolute Gasteiger partial charge is 0.317 e. The number of carbonyl (C=O) groups is 1. The lowest BCUT2D eigenvalue weighted by Crippen LogP contribution is -2.49. The zero-order valence-corrected chi connectivity index (χ0v) is 14.3. The minimum atomic E-state index is 0. The first-order valence-corrected chi connectivity index (χ1v) is 8.23. The molecule has 2 amide bonds. The van der Waals surface area contributed by atoms with Crippen molar-refractivity contribution in [3.63, 3.8) is 0 Å². The summed E-state index contributed by atoms with van der Waals surface area (Å²) in [6.45, 7) is 3.38. The molecule has 1 atom stereocenters. The first-order valence-electron chi connectivity index (χ1n) is 8.23. The second-order valence-corrected chi connectivity index (χ2v) is 6.28. The van der Waals surface area contributed by atoms with E-state index in [0.717, 1.165) is 38.3 Å². The van der Waals surface area contributed by atoms with Crippen LogP contribution in [0.2, 0.25) is 0 Å². The SMILES string of the molecule is Cl.O=C1N(c2cccc(Cc3ccccc3)c2)CC2CNCCN12. The third-order valence-electron chi connectivity index (χ3n) is 4.69. The molecule has 126 valence electrons. The fourth-order valence-corrected chi connectivity index (χ4v) is 3.50. The molecule has 2 heterocycles. The number of carbonyl (C=O) groups excluding carboxylic acids is 1. The molecule has 0 aliphatic carbocycles. The highest BCUT2D eigenvalue weighted by molar-refractivity contribution is 5.94. The molecule has 24 heavy (non-hydrogen) atoms. The van der Waals surface area contributed by atoms with Gasteiger partial charge in [-0.1, -0.05) is 42.5 Å². The van der Waals surface area contributed by atoms with Crippen LogP contribution in [0.4, 0.5) is 10.5 Å². The van der Waals surface area contributed by atoms with E-state index < -0.39 is 0 Å². The van der Waals surface area contributed by atoms with Gasteiger partial charge in [0.05, 0.1) is 6.04 Å². The monoisotopic (exact) mass is 343 g/mol. The average Bonchev–Trinajstić information content (AvgIpc) is 2.93. The Morgan fingerprint density at radius 2 is 1.83 bits per heavy atom. The highest BCUT2D eigenvalue weighted by atomic mass is 35.5. The van der Waals surface area contributed by atoms with Crippen molar-refractivity contribution in [2.75, 3.05) is 31.1 Å². The molecule has 1 unspecified atom stereocenters. The average molecular weight is 344 g/mol. The summed E-state index contributed by atoms with van der Waals surface area (Å²) in [6, 6.07) is 19.3. The van der Waals surface area contributed by atoms with Crippen molar-refractivity contribution in [2.24, 2.45) is 0 Å². The maximum absolute atomic E-state index is 12.6. The van der Waals surface area contributed by atoms with Crippen molar-refractivity contribution < 1.29 is 4.79 Å². The number of nitrogens with zero attached hydrogens (tertiary/aromatic N) is 2. The van der Waals surface area contributed by atoms with Crippen LogP contribution in [0.15, 0.2) is 54.6 Å². The van der Waals surface area contributed by atoms with E-state index in [1.54, 1.807) is 0 Å². The van der Waals surface area contributed by atoms with Crippen molar-refractivity contribution in [3.05, 3.63) is 65.7 Å². The molecule has 0 aromatic heterocycles. The third-order valence-corrected chi connectivity index (χ3v) is 4.69. The summed E-state index contributed by atoms with van der Waals surface area (Å²) in [5.41, 5.74) is 3.54. The van der Waals surface area contributed by atoms with Gasteiger partial charge in [0.2, 0.25) is 0 Å². The van der Waals surface area contributed by atoms with Crippen molar-refractivity contribution in [1.82, 2.24) is 10.2 Å². The van der Waals surface area contributed by atoms with Gasteiger partial charge in [-0.15, -0.1) is 12.4 Å². The Bertz CT molecular complexity index is 707. The van der Waals surface area contributed by atoms with E-state index in [9.17, 15) is 4.79 Å². The molecular formula is C19H22ClN3O. The van der Waals surface area contributed by atoms with Crippen molar-refractivity contribution in [3.8, 4) is 0 Å². The Balaban J connectivity index is 0.00000169. The molecule has 0 radical (unpaired) electrons. The normalized spacial score (nSPS) is 19.8. The van der Waals surface area contributed by atoms with Gasteiger partial charge in [0, 0.05) is 31.9 Å². The number of halogens is 1. The summed E-state index contributed by atoms with van der Waals surface area (Å²) >= 11 is 0. The third kappa shape index (κ3) is 3.25. The van der Waals surface area contributed by atoms with E-state index >= 15 is 0 Å². The van der Waals surface area contributed by atoms with Gasteiger partial charge in [-0.05, 0) is 29.7 Å². The number of amides is 2. The zero-order valence-electron chi connectivity index (χ0n) is 13.5. The van der Waals surface area contributed by atoms with Gasteiger partial charge in [0.15, 0.2) is 0 Å². The van der Waals surface area contributed by atoms with Gasteiger partial charge < -0.3 is 10.2 Å². The molecule has 2 fully saturated rings. The summed E-state index contributed by atoms with van der Waals surface area (Å²) in [5.74, 6) is 0. The highest BCUT2D eigenvalue weighted by Gasteiger charge is 2.38. The predicted octanol–water partition coefficient (Wildman–Crippen LogP) is 2.91. The number of benzene rings is 2. The number of hydrogen-bond donors (Lipinski definition) is 1. The Labute approximate surface area is 148 Å². The van der Waals surface area contributed by atoms with Gasteiger partial charge in [-0.3, -0.25) is 4.90 Å². The summed E-state index contributed by atoms with van der Waals surface area (Å²) in [6.07, 6.45) is 0.894. The lowest BCUT2D eigenvalue weighted by molar-refractivity contribution is 0.193. The van der Waals surface area contributed by atoms with Gasteiger partial charge in [0.25, 0.3) is 0 Å². The summed E-state index contributed by atoms with van der Waals surface area (Å²) in [4.78, 5) is 16.6. The molecule has 0 bridgehead atoms. The second-order valence-electron chi connectivity index (χ2n) is 6.28. The van der Waals surface area contributed by atoms with Crippen LogP contribution in [0.5, 0.6) is 0 Å². The first kappa shape index (κ1) is 16.8. The van der Waals surface area contributed by atoms with Crippen molar-refractivity contribution in [2.45, 2.75) is 12.5 Å². The standard InChI is InChI=1S/C19H21N3O.ClH/c23-19-21-10-9-20-13-18(21)14-22(19)17-8-4-7-16(12-17)11-15-5-2-1-3-6-15;/h1-8,12,18,20H,9-11,13-14H2;1H. The van der Waals surface area contributed by atoms with E-state index in [1.807, 2.05) is 21.9 Å². The second kappa shape index (κ2) is 7.24. The maximum atomic E-state index is 12.6. The molecule has 4 nitrogen and oxygen atoms in total. The lowest BCUT2D eigenvalue weighted by Gasteiger charge is -2.28. The number of piperazine rings is 1. The van der Waals surface area contributed by atoms with Crippen molar-refractivity contribution >= 4 is 24.1 Å². The van der Waals surface area contributed by atoms with Crippen LogP contribution in [-0.4, -0.2) is 43.2 Å². The highest BCUT2D eigenvalue weighted by Crippen LogP contribution is 2.26. The summed E-state index contributed by atoms with van der Waals surface area (Å²) in [7, 11) is 0. The van der Waals surface area contributed by atoms with Gasteiger partial charge in [-0.2, -0.15) is 0 Å². The Kier molecular flexibility index (Phi) is 5.07. The number of urea groups is 1. The molecular weight excluding hydrogens is 322 g/mol. The van der Waals surface area contributed by atoms with Crippen LogP contribution in [0, 0.1) is 0 Å². The van der Waals surface area contributed by atoms with Gasteiger partial charge in [-0.25, -0.2) is 4.79 Å². The number of nitrogens with one attached hydrogen (secondary N) is 1. The van der Waals surface area contributed by atoms with Crippen LogP contribution in [-0.2, 0) is 6.42 Å². The van der Waals surface area contributed by atoms with Crippen LogP contribution in [0.25, 0.3) is 0 Å². The quantitative estimate of drug-likeness (QED) is 0.930. The molecule has 2 aromatic rings. The predicted molar refractivity (Wildman–Crippen MR) is 99.0 cm³/mol. The topological polar surface area (TPSA) is 35.6 Å². The van der Waals surface area contributed by atoms with Crippen LogP contribution >= 0.6 is 12.4 Å². The van der Waals surface area contributed by atoms with Gasteiger partial charge in [0.1, 0.15) is 0 Å². The molecule has 2 saturated heterocycles. The molecule has 4 rings (SSSR count). The van der Waals surface area contributed by atoms with Crippen molar-refractivity contribution in [1.29, 1.82) is 0 Å². The van der Waals surface area contributed by atoms with E-state index in [4.69, 9.17) is 0 Å². The minimum Gasteiger partial charge on any atom is -0.317 e. The summed E-state index contributed by atoms with van der Waals surface area (Å²) in [5, 5.41) is 3.37. The maximum Gasteiger partial charge on any atom is 0.324 e. The Hall–Kier alpha value is -2.04. The van der Waals surface area contributed by atoms with Crippen LogP contribution in [0.3, 0.4) is 0 Å². The fraction of sp³-hybridized carbons (Fsp3) is 0.316. The summed E-state index contributed by atoms with van der Waals surface area (Å²) < 4.78 is 0. The number of anilines is 1. The van der Waals surface area contributed by atoms with Crippen LogP contribution < -0.4 is 10.2 Å². The van der Waals surface area contributed by atoms with Crippen LogP contribution in [0.1, 0.15) is 11.1 Å². The van der Waals surface area contributed by atoms with E-state index in [2.05, 4.69) is 47.8 Å². The molecule has 2 aliphatic rings. The Morgan fingerprint density at radius 3 is 2.62 bits per heavy atom. The molecule has 0 saturated carbocycles. The molecule has 5 heteroatoms. The zero-order chi connectivity index (χ0) is 15.6. The lowest BCUT2D eigenvalue weighted by atomic mass is 10.0. The fourth-order valence-electron chi connectivity index (χ4n) is 3.50. The molecule has 0 spiro atoms. The Morgan fingerprint density at radius 1 is 1.04 bits per heavy atom. The molecule has 1 N–H and O–H groups in total. The van der Waals surface area contributed by atoms with E-state index in [0.29, 0.717) is 6.04 Å².